The SMILES string of the molecule is CN=C(NCCCc1cccc(OC)c1)NCC(=O)NC(C)(C)C.I. The van der Waals surface area contributed by atoms with Gasteiger partial charge in [0.1, 0.15) is 5.75 Å². The van der Waals surface area contributed by atoms with Crippen LogP contribution in [0.25, 0.3) is 0 Å². The van der Waals surface area contributed by atoms with Crippen LogP contribution in [-0.4, -0.2) is 44.7 Å². The number of rotatable bonds is 7. The van der Waals surface area contributed by atoms with Crippen molar-refractivity contribution in [3.8, 4) is 5.75 Å². The number of ether oxygens (including phenoxy) is 1. The molecule has 0 fully saturated rings. The molecule has 0 atom stereocenters. The van der Waals surface area contributed by atoms with Gasteiger partial charge in [-0.2, -0.15) is 0 Å². The van der Waals surface area contributed by atoms with Gasteiger partial charge in [-0.25, -0.2) is 0 Å². The molecule has 0 aromatic heterocycles. The second-order valence-corrected chi connectivity index (χ2v) is 6.61. The van der Waals surface area contributed by atoms with Crippen LogP contribution in [0.2, 0.25) is 0 Å². The highest BCUT2D eigenvalue weighted by atomic mass is 127. The van der Waals surface area contributed by atoms with Crippen LogP contribution in [0.1, 0.15) is 32.8 Å². The van der Waals surface area contributed by atoms with Crippen LogP contribution in [0.15, 0.2) is 29.3 Å². The zero-order chi connectivity index (χ0) is 18.0. The fraction of sp³-hybridized carbons (Fsp3) is 0.556. The predicted octanol–water partition coefficient (Wildman–Crippen LogP) is 2.33. The molecule has 0 saturated carbocycles. The standard InChI is InChI=1S/C18H30N4O2.HI/c1-18(2,3)22-16(23)13-21-17(19-4)20-11-7-9-14-8-6-10-15(12-14)24-5;/h6,8,10,12H,7,9,11,13H2,1-5H3,(H,22,23)(H2,19,20,21);1H. The number of halogens is 1. The maximum absolute atomic E-state index is 11.8. The third-order valence-corrected chi connectivity index (χ3v) is 3.22. The summed E-state index contributed by atoms with van der Waals surface area (Å²) in [5.41, 5.74) is 1.01. The smallest absolute Gasteiger partial charge is 0.239 e. The zero-order valence-electron chi connectivity index (χ0n) is 15.8. The number of carbonyl (C=O) groups excluding carboxylic acids is 1. The van der Waals surface area contributed by atoms with Crippen molar-refractivity contribution in [1.29, 1.82) is 0 Å². The summed E-state index contributed by atoms with van der Waals surface area (Å²) in [5.74, 6) is 1.45. The monoisotopic (exact) mass is 462 g/mol. The number of guanidine groups is 1. The van der Waals surface area contributed by atoms with E-state index in [0.717, 1.165) is 25.1 Å². The van der Waals surface area contributed by atoms with Crippen molar-refractivity contribution in [3.63, 3.8) is 0 Å². The second kappa shape index (κ2) is 11.9. The van der Waals surface area contributed by atoms with Gasteiger partial charge >= 0.3 is 0 Å². The summed E-state index contributed by atoms with van der Waals surface area (Å²) in [6.07, 6.45) is 1.91. The lowest BCUT2D eigenvalue weighted by atomic mass is 10.1. The average Bonchev–Trinajstić information content (AvgIpc) is 2.52. The summed E-state index contributed by atoms with van der Waals surface area (Å²) in [5, 5.41) is 9.13. The van der Waals surface area contributed by atoms with E-state index in [1.54, 1.807) is 14.2 Å². The third kappa shape index (κ3) is 10.9. The van der Waals surface area contributed by atoms with Crippen molar-refractivity contribution >= 4 is 35.8 Å². The first-order valence-corrected chi connectivity index (χ1v) is 8.22. The fourth-order valence-electron chi connectivity index (χ4n) is 2.17. The number of hydrogen-bond donors (Lipinski definition) is 3. The van der Waals surface area contributed by atoms with Crippen LogP contribution in [0.4, 0.5) is 0 Å². The van der Waals surface area contributed by atoms with Crippen LogP contribution in [0.5, 0.6) is 5.75 Å². The van der Waals surface area contributed by atoms with Gasteiger partial charge in [0.15, 0.2) is 5.96 Å². The Bertz CT molecular complexity index is 556. The van der Waals surface area contributed by atoms with Crippen LogP contribution in [0.3, 0.4) is 0 Å². The molecule has 0 heterocycles. The number of amides is 1. The van der Waals surface area contributed by atoms with Crippen molar-refractivity contribution < 1.29 is 9.53 Å². The average molecular weight is 462 g/mol. The maximum atomic E-state index is 11.8. The molecule has 1 aromatic rings. The Morgan fingerprint density at radius 1 is 1.24 bits per heavy atom. The zero-order valence-corrected chi connectivity index (χ0v) is 18.1. The third-order valence-electron chi connectivity index (χ3n) is 3.22. The second-order valence-electron chi connectivity index (χ2n) is 6.61. The largest absolute Gasteiger partial charge is 0.497 e. The van der Waals surface area contributed by atoms with E-state index in [2.05, 4.69) is 27.0 Å². The minimum Gasteiger partial charge on any atom is -0.497 e. The Hall–Kier alpha value is -1.51. The van der Waals surface area contributed by atoms with Crippen molar-refractivity contribution in [3.05, 3.63) is 29.8 Å². The molecule has 0 aliphatic carbocycles. The Labute approximate surface area is 168 Å². The van der Waals surface area contributed by atoms with E-state index in [1.807, 2.05) is 39.0 Å². The lowest BCUT2D eigenvalue weighted by Crippen LogP contribution is -2.48. The minimum atomic E-state index is -0.230. The molecule has 0 bridgehead atoms. The van der Waals surface area contributed by atoms with Gasteiger partial charge in [-0.3, -0.25) is 9.79 Å². The van der Waals surface area contributed by atoms with E-state index in [-0.39, 0.29) is 42.0 Å². The molecule has 0 saturated heterocycles. The number of aliphatic imine (C=N–C) groups is 1. The lowest BCUT2D eigenvalue weighted by molar-refractivity contribution is -0.121. The van der Waals surface area contributed by atoms with E-state index in [4.69, 9.17) is 4.74 Å². The Balaban J connectivity index is 0.00000576. The summed E-state index contributed by atoms with van der Waals surface area (Å²) < 4.78 is 5.22. The highest BCUT2D eigenvalue weighted by Crippen LogP contribution is 2.13. The molecule has 1 amide bonds. The van der Waals surface area contributed by atoms with Crippen LogP contribution in [0, 0.1) is 0 Å². The van der Waals surface area contributed by atoms with E-state index in [1.165, 1.54) is 5.56 Å². The fourth-order valence-corrected chi connectivity index (χ4v) is 2.17. The number of carbonyl (C=O) groups is 1. The van der Waals surface area contributed by atoms with Gasteiger partial charge < -0.3 is 20.7 Å². The van der Waals surface area contributed by atoms with E-state index in [9.17, 15) is 4.79 Å². The summed E-state index contributed by atoms with van der Waals surface area (Å²) in [7, 11) is 3.37. The van der Waals surface area contributed by atoms with Crippen molar-refractivity contribution in [2.45, 2.75) is 39.2 Å². The molecule has 1 aromatic carbocycles. The first-order chi connectivity index (χ1) is 11.3. The molecule has 0 radical (unpaired) electrons. The molecular formula is C18H31IN4O2. The first-order valence-electron chi connectivity index (χ1n) is 8.22. The van der Waals surface area contributed by atoms with Gasteiger partial charge in [0.05, 0.1) is 13.7 Å². The molecule has 7 heteroatoms. The van der Waals surface area contributed by atoms with Crippen molar-refractivity contribution in [2.24, 2.45) is 4.99 Å². The first kappa shape index (κ1) is 23.5. The van der Waals surface area contributed by atoms with Crippen LogP contribution < -0.4 is 20.7 Å². The molecule has 1 rings (SSSR count). The highest BCUT2D eigenvalue weighted by Gasteiger charge is 2.13. The maximum Gasteiger partial charge on any atom is 0.239 e. The minimum absolute atomic E-state index is 0. The van der Waals surface area contributed by atoms with Gasteiger partial charge in [0.2, 0.25) is 5.91 Å². The number of methoxy groups -OCH3 is 1. The number of benzene rings is 1. The molecule has 0 aliphatic rings. The summed E-state index contributed by atoms with van der Waals surface area (Å²) in [6, 6.07) is 8.07. The van der Waals surface area contributed by atoms with Gasteiger partial charge in [0, 0.05) is 19.1 Å². The molecule has 0 unspecified atom stereocenters. The van der Waals surface area contributed by atoms with Crippen molar-refractivity contribution in [1.82, 2.24) is 16.0 Å². The van der Waals surface area contributed by atoms with Gasteiger partial charge in [-0.1, -0.05) is 12.1 Å². The molecule has 6 nitrogen and oxygen atoms in total. The number of nitrogens with one attached hydrogen (secondary N) is 3. The Kier molecular flexibility index (Phi) is 11.2. The van der Waals surface area contributed by atoms with E-state index >= 15 is 0 Å². The van der Waals surface area contributed by atoms with Gasteiger partial charge in [0.25, 0.3) is 0 Å². The van der Waals surface area contributed by atoms with Gasteiger partial charge in [-0.15, -0.1) is 24.0 Å². The van der Waals surface area contributed by atoms with Crippen LogP contribution >= 0.6 is 24.0 Å². The van der Waals surface area contributed by atoms with Crippen LogP contribution in [-0.2, 0) is 11.2 Å². The molecule has 0 spiro atoms. The molecular weight excluding hydrogens is 431 g/mol. The molecule has 25 heavy (non-hydrogen) atoms. The highest BCUT2D eigenvalue weighted by molar-refractivity contribution is 14.0. The van der Waals surface area contributed by atoms with E-state index < -0.39 is 0 Å². The number of nitrogens with zero attached hydrogens (tertiary/aromatic N) is 1. The molecule has 0 aliphatic heterocycles. The van der Waals surface area contributed by atoms with E-state index in [0.29, 0.717) is 5.96 Å². The Morgan fingerprint density at radius 3 is 2.56 bits per heavy atom. The summed E-state index contributed by atoms with van der Waals surface area (Å²) >= 11 is 0. The summed E-state index contributed by atoms with van der Waals surface area (Å²) in [4.78, 5) is 15.9. The van der Waals surface area contributed by atoms with Gasteiger partial charge in [-0.05, 0) is 51.3 Å². The topological polar surface area (TPSA) is 74.8 Å². The summed E-state index contributed by atoms with van der Waals surface area (Å²) in [6.45, 7) is 6.84. The number of hydrogen-bond acceptors (Lipinski definition) is 3. The quantitative estimate of drug-likeness (QED) is 0.252. The van der Waals surface area contributed by atoms with Crippen molar-refractivity contribution in [2.75, 3.05) is 27.2 Å². The predicted molar refractivity (Wildman–Crippen MR) is 114 cm³/mol. The number of aryl methyl sites for hydroxylation is 1. The normalized spacial score (nSPS) is 11.3. The molecule has 3 N–H and O–H groups in total. The molecule has 142 valence electrons. The lowest BCUT2D eigenvalue weighted by Gasteiger charge is -2.21. The Morgan fingerprint density at radius 2 is 1.96 bits per heavy atom.